The van der Waals surface area contributed by atoms with Crippen molar-refractivity contribution in [3.63, 3.8) is 0 Å². The van der Waals surface area contributed by atoms with Gasteiger partial charge in [0, 0.05) is 97.9 Å². The van der Waals surface area contributed by atoms with Crippen LogP contribution < -0.4 is 25.3 Å². The maximum atomic E-state index is 14.3. The fourth-order valence-electron chi connectivity index (χ4n) is 13.2. The first-order valence-corrected chi connectivity index (χ1v) is 26.6. The van der Waals surface area contributed by atoms with Crippen LogP contribution in [-0.2, 0) is 14.4 Å². The summed E-state index contributed by atoms with van der Waals surface area (Å²) in [4.78, 5) is 75.0. The van der Waals surface area contributed by atoms with Gasteiger partial charge in [0.2, 0.25) is 35.6 Å². The van der Waals surface area contributed by atoms with E-state index >= 15 is 0 Å². The van der Waals surface area contributed by atoms with Gasteiger partial charge in [0.1, 0.15) is 0 Å². The Labute approximate surface area is 409 Å². The number of nitrogens with zero attached hydrogens (tertiary/aromatic N) is 10. The number of hydrogen-bond donors (Lipinski definition) is 2. The fourth-order valence-corrected chi connectivity index (χ4v) is 13.2. The largest absolute Gasteiger partial charge is 0.338 e. The Morgan fingerprint density at radius 1 is 0.478 bits per heavy atom. The number of likely N-dealkylation sites (N-methyl/N-ethyl adjacent to an activating group) is 1. The molecule has 0 aromatic carbocycles. The molecule has 67 heavy (non-hydrogen) atoms. The van der Waals surface area contributed by atoms with Gasteiger partial charge in [0.15, 0.2) is 0 Å². The number of aromatic nitrogens is 3. The zero-order chi connectivity index (χ0) is 48.7. The molecular weight excluding hydrogens is 841 g/mol. The van der Waals surface area contributed by atoms with Gasteiger partial charge in [-0.25, -0.2) is 0 Å². The Morgan fingerprint density at radius 3 is 1.09 bits per heavy atom. The molecule has 0 atom stereocenters. The quantitative estimate of drug-likeness (QED) is 0.182. The topological polar surface area (TPSA) is 137 Å². The lowest BCUT2D eigenvalue weighted by molar-refractivity contribution is -0.157. The van der Waals surface area contributed by atoms with Gasteiger partial charge in [-0.05, 0) is 129 Å². The van der Waals surface area contributed by atoms with E-state index in [-0.39, 0.29) is 56.7 Å². The third-order valence-electron chi connectivity index (χ3n) is 16.5. The summed E-state index contributed by atoms with van der Waals surface area (Å²) >= 11 is 0. The molecule has 384 valence electrons. The number of amides is 3. The molecule has 0 spiro atoms. The number of carbonyl (C=O) groups is 3. The lowest BCUT2D eigenvalue weighted by Gasteiger charge is -2.54. The third kappa shape index (κ3) is 11.7. The molecule has 0 radical (unpaired) electrons. The summed E-state index contributed by atoms with van der Waals surface area (Å²) in [6.45, 7) is 30.8. The fraction of sp³-hybridized carbons (Fsp3) is 0.885. The first-order chi connectivity index (χ1) is 31.3. The lowest BCUT2D eigenvalue weighted by Crippen LogP contribution is -2.70. The molecule has 4 heterocycles. The highest BCUT2D eigenvalue weighted by Gasteiger charge is 2.49. The predicted molar refractivity (Wildman–Crippen MR) is 277 cm³/mol. The van der Waals surface area contributed by atoms with Crippen molar-refractivity contribution < 1.29 is 18.7 Å². The van der Waals surface area contributed by atoms with Crippen molar-refractivity contribution in [1.82, 2.24) is 45.2 Å². The van der Waals surface area contributed by atoms with E-state index in [9.17, 15) is 14.4 Å². The molecule has 1 aromatic rings. The van der Waals surface area contributed by atoms with Crippen LogP contribution in [0.5, 0.6) is 0 Å². The minimum Gasteiger partial charge on any atom is -0.338 e. The summed E-state index contributed by atoms with van der Waals surface area (Å²) < 4.78 is 0. The summed E-state index contributed by atoms with van der Waals surface area (Å²) in [5, 5.41) is 7.18. The Kier molecular flexibility index (Phi) is 15.3. The van der Waals surface area contributed by atoms with Gasteiger partial charge in [0.05, 0.1) is 16.6 Å². The number of piperazine rings is 3. The average Bonchev–Trinajstić information content (AvgIpc) is 3.26. The van der Waals surface area contributed by atoms with Crippen LogP contribution in [0.25, 0.3) is 0 Å². The number of rotatable bonds is 15. The van der Waals surface area contributed by atoms with E-state index in [1.807, 2.05) is 27.7 Å². The monoisotopic (exact) mass is 939 g/mol. The van der Waals surface area contributed by atoms with Gasteiger partial charge in [-0.3, -0.25) is 29.9 Å². The minimum absolute atomic E-state index is 0. The van der Waals surface area contributed by atoms with E-state index in [4.69, 9.17) is 15.0 Å². The summed E-state index contributed by atoms with van der Waals surface area (Å²) in [7, 11) is 2.08. The van der Waals surface area contributed by atoms with Crippen LogP contribution >= 0.6 is 0 Å². The summed E-state index contributed by atoms with van der Waals surface area (Å²) in [6, 6.07) is 0.701. The van der Waals surface area contributed by atoms with Gasteiger partial charge >= 0.3 is 0 Å². The molecule has 3 saturated carbocycles. The SMILES string of the molecule is CN1C(C)(C)CN(CCN(c2nc(N(CCN3CC(C)(C)NC(C)(C)C3=O)C3CCCCC3)nc(N(CCN3CC(C)(C)NC(C)(C)C3=O)C3CCCCC3)n2)C2CCCCC2)C(=O)C1(C)C.[HH].[HH].[HH]. The zero-order valence-electron chi connectivity index (χ0n) is 44.4. The summed E-state index contributed by atoms with van der Waals surface area (Å²) in [6.07, 6.45) is 16.9. The molecule has 3 amide bonds. The van der Waals surface area contributed by atoms with E-state index in [2.05, 4.69) is 107 Å². The van der Waals surface area contributed by atoms with Crippen LogP contribution in [-0.4, -0.2) is 170 Å². The Morgan fingerprint density at radius 2 is 0.776 bits per heavy atom. The third-order valence-corrected chi connectivity index (χ3v) is 16.5. The van der Waals surface area contributed by atoms with Crippen molar-refractivity contribution in [1.29, 1.82) is 0 Å². The summed E-state index contributed by atoms with van der Waals surface area (Å²) in [5.41, 5.74) is -2.61. The molecule has 6 fully saturated rings. The summed E-state index contributed by atoms with van der Waals surface area (Å²) in [5.74, 6) is 2.47. The smallest absolute Gasteiger partial charge is 0.242 e. The first kappa shape index (κ1) is 51.5. The molecule has 1 aromatic heterocycles. The average molecular weight is 939 g/mol. The van der Waals surface area contributed by atoms with Crippen LogP contribution in [0.15, 0.2) is 0 Å². The van der Waals surface area contributed by atoms with Crippen LogP contribution in [0, 0.1) is 0 Å². The molecule has 0 bridgehead atoms. The number of anilines is 3. The Balaban J connectivity index is 0.00000355. The number of hydrogen-bond acceptors (Lipinski definition) is 12. The highest BCUT2D eigenvalue weighted by atomic mass is 16.2. The predicted octanol–water partition coefficient (Wildman–Crippen LogP) is 7.34. The second-order valence-corrected chi connectivity index (χ2v) is 25.1. The van der Waals surface area contributed by atoms with Crippen molar-refractivity contribution >= 4 is 35.6 Å². The van der Waals surface area contributed by atoms with Gasteiger partial charge in [-0.2, -0.15) is 15.0 Å². The molecule has 6 aliphatic rings. The molecule has 15 nitrogen and oxygen atoms in total. The van der Waals surface area contributed by atoms with Gasteiger partial charge in [-0.15, -0.1) is 0 Å². The van der Waals surface area contributed by atoms with E-state index in [0.29, 0.717) is 76.7 Å². The Bertz CT molecular complexity index is 1820. The van der Waals surface area contributed by atoms with Crippen molar-refractivity contribution in [2.45, 2.75) is 231 Å². The van der Waals surface area contributed by atoms with E-state index in [1.54, 1.807) is 0 Å². The molecule has 2 N–H and O–H groups in total. The van der Waals surface area contributed by atoms with E-state index in [1.165, 1.54) is 19.3 Å². The van der Waals surface area contributed by atoms with Crippen molar-refractivity contribution in [2.75, 3.05) is 80.7 Å². The molecule has 7 rings (SSSR count). The Hall–Kier alpha value is -3.30. The number of nitrogens with one attached hydrogen (secondary N) is 2. The van der Waals surface area contributed by atoms with Crippen LogP contribution in [0.4, 0.5) is 17.8 Å². The molecule has 3 aliphatic carbocycles. The first-order valence-electron chi connectivity index (χ1n) is 26.6. The normalized spacial score (nSPS) is 25.9. The molecule has 0 unspecified atom stereocenters. The molecule has 3 saturated heterocycles. The second-order valence-electron chi connectivity index (χ2n) is 25.1. The maximum absolute atomic E-state index is 14.3. The standard InChI is InChI=1S/C52H92N12O3.3H2/c1-47(2)35-59(41(65)50(7,8)56-47)29-32-62(38-23-17-14-18-24-38)44-53-45(63(39-25-19-15-20-26-39)33-30-60-36-48(3,4)57-51(9,10)42(60)66)55-46(54-44)64(40-27-21-16-22-28-40)34-31-61-37-49(5,6)58(13)52(11,12)43(61)67;;;/h38-40,56-57H,14-37H2,1-13H3;3*1H. The lowest BCUT2D eigenvalue weighted by atomic mass is 9.87. The molecular formula is C52H98N12O3. The van der Waals surface area contributed by atoms with Crippen molar-refractivity contribution in [2.24, 2.45) is 0 Å². The van der Waals surface area contributed by atoms with E-state index in [0.717, 1.165) is 77.0 Å². The van der Waals surface area contributed by atoms with Crippen LogP contribution in [0.2, 0.25) is 0 Å². The van der Waals surface area contributed by atoms with Crippen molar-refractivity contribution in [3.05, 3.63) is 0 Å². The molecule has 3 aliphatic heterocycles. The highest BCUT2D eigenvalue weighted by Crippen LogP contribution is 2.36. The van der Waals surface area contributed by atoms with Crippen LogP contribution in [0.1, 0.15) is 184 Å². The van der Waals surface area contributed by atoms with Crippen molar-refractivity contribution in [3.8, 4) is 0 Å². The van der Waals surface area contributed by atoms with Gasteiger partial charge in [-0.1, -0.05) is 57.8 Å². The van der Waals surface area contributed by atoms with Crippen LogP contribution in [0.3, 0.4) is 0 Å². The zero-order valence-corrected chi connectivity index (χ0v) is 44.4. The maximum Gasteiger partial charge on any atom is 0.242 e. The number of carbonyl (C=O) groups excluding carboxylic acids is 3. The van der Waals surface area contributed by atoms with E-state index < -0.39 is 16.6 Å². The minimum atomic E-state index is -0.669. The van der Waals surface area contributed by atoms with Gasteiger partial charge < -0.3 is 29.4 Å². The molecule has 15 heteroatoms. The van der Waals surface area contributed by atoms with Gasteiger partial charge in [0.25, 0.3) is 0 Å². The highest BCUT2D eigenvalue weighted by molar-refractivity contribution is 5.88. The second kappa shape index (κ2) is 19.8.